The van der Waals surface area contributed by atoms with Crippen LogP contribution in [-0.4, -0.2) is 75.0 Å². The van der Waals surface area contributed by atoms with Gasteiger partial charge in [0.1, 0.15) is 0 Å². The molecule has 4 heterocycles. The minimum Gasteiger partial charge on any atom is -0.475 e. The number of imidazole rings is 1. The second-order valence-electron chi connectivity index (χ2n) is 7.13. The highest BCUT2D eigenvalue weighted by Gasteiger charge is 2.47. The largest absolute Gasteiger partial charge is 0.490 e. The van der Waals surface area contributed by atoms with Crippen LogP contribution in [0.25, 0.3) is 0 Å². The Hall–Kier alpha value is -2.52. The first-order chi connectivity index (χ1) is 14.4. The van der Waals surface area contributed by atoms with Crippen molar-refractivity contribution in [1.29, 1.82) is 0 Å². The average Bonchev–Trinajstić information content (AvgIpc) is 3.41. The smallest absolute Gasteiger partial charge is 0.475 e. The summed E-state index contributed by atoms with van der Waals surface area (Å²) < 4.78 is 72.0. The number of hydrogen-bond acceptors (Lipinski definition) is 8. The van der Waals surface area contributed by atoms with Crippen LogP contribution in [-0.2, 0) is 26.6 Å². The molecule has 0 saturated carbocycles. The third-order valence-corrected chi connectivity index (χ3v) is 6.63. The summed E-state index contributed by atoms with van der Waals surface area (Å²) in [5, 5.41) is 11.0. The molecule has 0 unspecified atom stereocenters. The van der Waals surface area contributed by atoms with Crippen LogP contribution in [0.15, 0.2) is 22.1 Å². The number of aryl methyl sites for hydroxylation is 2. The van der Waals surface area contributed by atoms with E-state index in [-0.39, 0.29) is 23.1 Å². The van der Waals surface area contributed by atoms with Crippen molar-refractivity contribution in [1.82, 2.24) is 24.0 Å². The van der Waals surface area contributed by atoms with E-state index in [1.54, 1.807) is 18.5 Å². The van der Waals surface area contributed by atoms with Gasteiger partial charge in [0.15, 0.2) is 10.9 Å². The molecular weight excluding hydrogens is 447 g/mol. The predicted octanol–water partition coefficient (Wildman–Crippen LogP) is 1.08. The maximum atomic E-state index is 13.1. The van der Waals surface area contributed by atoms with E-state index >= 15 is 0 Å². The van der Waals surface area contributed by atoms with Gasteiger partial charge in [0.25, 0.3) is 10.0 Å². The third-order valence-electron chi connectivity index (χ3n) is 4.85. The summed E-state index contributed by atoms with van der Waals surface area (Å²) in [5.74, 6) is -1.93. The molecule has 2 aliphatic rings. The lowest BCUT2D eigenvalue weighted by molar-refractivity contribution is -0.192. The van der Waals surface area contributed by atoms with Crippen LogP contribution < -0.4 is 0 Å². The molecule has 0 spiro atoms. The number of nitrogens with zero attached hydrogens (tertiary/aromatic N) is 5. The van der Waals surface area contributed by atoms with Crippen molar-refractivity contribution in [2.75, 3.05) is 13.2 Å². The summed E-state index contributed by atoms with van der Waals surface area (Å²) in [6, 6.07) is -0.169. The number of carboxylic acids is 1. The van der Waals surface area contributed by atoms with Crippen molar-refractivity contribution in [2.24, 2.45) is 7.05 Å². The quantitative estimate of drug-likeness (QED) is 0.702. The fraction of sp³-hybridized carbons (Fsp3) is 0.625. The monoisotopic (exact) mass is 467 g/mol. The minimum absolute atomic E-state index is 0.0537. The number of aliphatic carboxylic acids is 1. The molecule has 0 amide bonds. The zero-order valence-corrected chi connectivity index (χ0v) is 17.3. The number of sulfonamides is 1. The highest BCUT2D eigenvalue weighted by molar-refractivity contribution is 7.89. The Morgan fingerprint density at radius 1 is 1.35 bits per heavy atom. The van der Waals surface area contributed by atoms with Crippen molar-refractivity contribution in [3.05, 3.63) is 24.2 Å². The van der Waals surface area contributed by atoms with E-state index in [9.17, 15) is 21.6 Å². The van der Waals surface area contributed by atoms with Crippen molar-refractivity contribution in [2.45, 2.75) is 49.0 Å². The Balaban J connectivity index is 0.000000339. The van der Waals surface area contributed by atoms with Gasteiger partial charge in [0.05, 0.1) is 24.4 Å². The van der Waals surface area contributed by atoms with Gasteiger partial charge >= 0.3 is 12.1 Å². The summed E-state index contributed by atoms with van der Waals surface area (Å²) in [6.45, 7) is 2.59. The normalized spacial score (nSPS) is 24.4. The number of halogens is 3. The first-order valence-electron chi connectivity index (χ1n) is 9.11. The highest BCUT2D eigenvalue weighted by Crippen LogP contribution is 2.38. The van der Waals surface area contributed by atoms with Crippen molar-refractivity contribution in [3.8, 4) is 0 Å². The zero-order valence-electron chi connectivity index (χ0n) is 16.5. The van der Waals surface area contributed by atoms with Crippen LogP contribution in [0.5, 0.6) is 0 Å². The molecule has 31 heavy (non-hydrogen) atoms. The summed E-state index contributed by atoms with van der Waals surface area (Å²) in [4.78, 5) is 17.2. The lowest BCUT2D eigenvalue weighted by Gasteiger charge is -2.38. The van der Waals surface area contributed by atoms with E-state index in [0.717, 1.165) is 0 Å². The van der Waals surface area contributed by atoms with Crippen LogP contribution in [0.3, 0.4) is 0 Å². The van der Waals surface area contributed by atoms with E-state index in [4.69, 9.17) is 19.2 Å². The summed E-state index contributed by atoms with van der Waals surface area (Å²) in [7, 11) is -1.95. The van der Waals surface area contributed by atoms with Crippen LogP contribution in [0.2, 0.25) is 0 Å². The number of ether oxygens (including phenoxy) is 1. The Morgan fingerprint density at radius 2 is 2.03 bits per heavy atom. The number of carboxylic acid groups (broad SMARTS) is 1. The SMILES string of the molecule is Cc1noc([C@@H]2C[C@H]3OCC[C@H]3N(S(=O)(=O)c3cn(C)cn3)C2)n1.O=C(O)C(F)(F)F. The molecule has 0 aromatic carbocycles. The van der Waals surface area contributed by atoms with Crippen LogP contribution >= 0.6 is 0 Å². The van der Waals surface area contributed by atoms with Crippen LogP contribution in [0, 0.1) is 6.92 Å². The fourth-order valence-corrected chi connectivity index (χ4v) is 5.17. The Kier molecular flexibility index (Phi) is 6.38. The van der Waals surface area contributed by atoms with Gasteiger partial charge in [0, 0.05) is 26.4 Å². The number of rotatable bonds is 3. The topological polar surface area (TPSA) is 141 Å². The Morgan fingerprint density at radius 3 is 2.55 bits per heavy atom. The third kappa shape index (κ3) is 5.04. The van der Waals surface area contributed by atoms with Gasteiger partial charge in [-0.15, -0.1) is 0 Å². The standard InChI is InChI=1S/C14H19N5O4S.C2HF3O2/c1-9-16-14(23-17-9)10-5-12-11(3-4-22-12)19(6-10)24(20,21)13-7-18(2)8-15-13;3-2(4,5)1(6)7/h7-8,10-12H,3-6H2,1-2H3;(H,6,7)/t10-,11-,12-;/m1./s1. The number of aromatic nitrogens is 4. The second kappa shape index (κ2) is 8.55. The number of carbonyl (C=O) groups is 1. The first-order valence-corrected chi connectivity index (χ1v) is 10.6. The molecule has 4 rings (SSSR count). The molecular formula is C16H20F3N5O6S. The lowest BCUT2D eigenvalue weighted by atomic mass is 9.92. The molecule has 2 aromatic rings. The predicted molar refractivity (Wildman–Crippen MR) is 95.3 cm³/mol. The van der Waals surface area contributed by atoms with Crippen molar-refractivity contribution >= 4 is 16.0 Å². The maximum Gasteiger partial charge on any atom is 0.490 e. The minimum atomic E-state index is -5.08. The van der Waals surface area contributed by atoms with E-state index in [1.165, 1.54) is 16.8 Å². The molecule has 2 fully saturated rings. The average molecular weight is 467 g/mol. The molecule has 11 nitrogen and oxygen atoms in total. The van der Waals surface area contributed by atoms with E-state index in [1.807, 2.05) is 0 Å². The number of piperidine rings is 1. The van der Waals surface area contributed by atoms with Crippen LogP contribution in [0.1, 0.15) is 30.5 Å². The number of fused-ring (bicyclic) bond motifs is 1. The Bertz CT molecular complexity index is 1040. The maximum absolute atomic E-state index is 13.1. The van der Waals surface area contributed by atoms with E-state index < -0.39 is 22.2 Å². The summed E-state index contributed by atoms with van der Waals surface area (Å²) >= 11 is 0. The number of hydrogen-bond donors (Lipinski definition) is 1. The fourth-order valence-electron chi connectivity index (χ4n) is 3.48. The van der Waals surface area contributed by atoms with Gasteiger partial charge in [-0.25, -0.2) is 18.2 Å². The van der Waals surface area contributed by atoms with Gasteiger partial charge < -0.3 is 18.9 Å². The van der Waals surface area contributed by atoms with E-state index in [0.29, 0.717) is 37.7 Å². The molecule has 3 atom stereocenters. The molecule has 15 heteroatoms. The van der Waals surface area contributed by atoms with Gasteiger partial charge in [-0.1, -0.05) is 5.16 Å². The first kappa shape index (κ1) is 23.1. The zero-order chi connectivity index (χ0) is 23.0. The van der Waals surface area contributed by atoms with Gasteiger partial charge in [-0.3, -0.25) is 0 Å². The molecule has 0 radical (unpaired) electrons. The molecule has 0 bridgehead atoms. The van der Waals surface area contributed by atoms with Gasteiger partial charge in [-0.05, 0) is 19.8 Å². The molecule has 2 saturated heterocycles. The lowest BCUT2D eigenvalue weighted by Crippen LogP contribution is -2.51. The van der Waals surface area contributed by atoms with Gasteiger partial charge in [0.2, 0.25) is 5.89 Å². The number of alkyl halides is 3. The highest BCUT2D eigenvalue weighted by atomic mass is 32.2. The molecule has 2 aliphatic heterocycles. The van der Waals surface area contributed by atoms with Crippen molar-refractivity contribution in [3.63, 3.8) is 0 Å². The second-order valence-corrected chi connectivity index (χ2v) is 8.97. The van der Waals surface area contributed by atoms with Crippen molar-refractivity contribution < 1.29 is 40.8 Å². The molecule has 0 aliphatic carbocycles. The van der Waals surface area contributed by atoms with Gasteiger partial charge in [-0.2, -0.15) is 22.5 Å². The molecule has 1 N–H and O–H groups in total. The molecule has 2 aromatic heterocycles. The molecule has 172 valence electrons. The van der Waals surface area contributed by atoms with E-state index in [2.05, 4.69) is 15.1 Å². The Labute approximate surface area is 174 Å². The summed E-state index contributed by atoms with van der Waals surface area (Å²) in [5.41, 5.74) is 0. The van der Waals surface area contributed by atoms with Crippen LogP contribution in [0.4, 0.5) is 13.2 Å². The summed E-state index contributed by atoms with van der Waals surface area (Å²) in [6.07, 6.45) is -0.874.